The van der Waals surface area contributed by atoms with Crippen LogP contribution in [0.15, 0.2) is 84.9 Å². The Labute approximate surface area is 183 Å². The summed E-state index contributed by atoms with van der Waals surface area (Å²) in [5.41, 5.74) is -1.12. The zero-order chi connectivity index (χ0) is 23.4. The molecule has 0 aliphatic heterocycles. The van der Waals surface area contributed by atoms with Crippen molar-refractivity contribution >= 4 is 11.9 Å². The fourth-order valence-corrected chi connectivity index (χ4v) is 3.67. The van der Waals surface area contributed by atoms with E-state index in [0.29, 0.717) is 11.1 Å². The molecular weight excluding hydrogens is 419 g/mol. The zero-order valence-electron chi connectivity index (χ0n) is 17.3. The van der Waals surface area contributed by atoms with Crippen molar-refractivity contribution < 1.29 is 27.9 Å². The molecule has 1 amide bonds. The zero-order valence-corrected chi connectivity index (χ0v) is 17.3. The Morgan fingerprint density at radius 2 is 1.31 bits per heavy atom. The fourth-order valence-electron chi connectivity index (χ4n) is 3.67. The first-order valence-corrected chi connectivity index (χ1v) is 9.94. The third kappa shape index (κ3) is 4.82. The molecule has 0 radical (unpaired) electrons. The van der Waals surface area contributed by atoms with Gasteiger partial charge >= 0.3 is 12.1 Å². The quantitative estimate of drug-likeness (QED) is 0.552. The maximum Gasteiger partial charge on any atom is 0.416 e. The average Bonchev–Trinajstić information content (AvgIpc) is 2.78. The summed E-state index contributed by atoms with van der Waals surface area (Å²) in [4.78, 5) is 25.4. The maximum absolute atomic E-state index is 13.5. The standard InChI is InChI=1S/C25H22F3NO3/c1-24(18-11-4-2-5-12-18,19-13-6-3-7-14-19)23(32)29-21(22(30)31)16-17-10-8-9-15-20(17)25(26,27)28/h2-15,21H,16H2,1H3,(H,29,32)(H,30,31)/t21-/m0/s1. The molecule has 0 bridgehead atoms. The number of hydrogen-bond donors (Lipinski definition) is 2. The number of carboxylic acid groups (broad SMARTS) is 1. The summed E-state index contributed by atoms with van der Waals surface area (Å²) in [6.07, 6.45) is -5.14. The fraction of sp³-hybridized carbons (Fsp3) is 0.200. The van der Waals surface area contributed by atoms with Crippen LogP contribution < -0.4 is 5.32 Å². The largest absolute Gasteiger partial charge is 0.480 e. The lowest BCUT2D eigenvalue weighted by Crippen LogP contribution is -2.51. The monoisotopic (exact) mass is 441 g/mol. The van der Waals surface area contributed by atoms with Gasteiger partial charge in [-0.3, -0.25) is 4.79 Å². The van der Waals surface area contributed by atoms with Gasteiger partial charge in [-0.05, 0) is 29.7 Å². The highest BCUT2D eigenvalue weighted by atomic mass is 19.4. The molecule has 0 spiro atoms. The minimum absolute atomic E-state index is 0.200. The summed E-state index contributed by atoms with van der Waals surface area (Å²) in [5.74, 6) is -2.04. The van der Waals surface area contributed by atoms with Crippen molar-refractivity contribution in [3.63, 3.8) is 0 Å². The van der Waals surface area contributed by atoms with Gasteiger partial charge < -0.3 is 10.4 Å². The predicted molar refractivity (Wildman–Crippen MR) is 114 cm³/mol. The number of carboxylic acids is 1. The van der Waals surface area contributed by atoms with E-state index < -0.39 is 41.5 Å². The number of amides is 1. The number of benzene rings is 3. The van der Waals surface area contributed by atoms with E-state index in [2.05, 4.69) is 5.32 Å². The molecule has 3 aromatic rings. The van der Waals surface area contributed by atoms with Crippen LogP contribution in [0.4, 0.5) is 13.2 Å². The molecule has 1 atom stereocenters. The predicted octanol–water partition coefficient (Wildman–Crippen LogP) is 4.82. The molecule has 3 rings (SSSR count). The van der Waals surface area contributed by atoms with Gasteiger partial charge in [0.25, 0.3) is 0 Å². The van der Waals surface area contributed by atoms with E-state index in [-0.39, 0.29) is 5.56 Å². The van der Waals surface area contributed by atoms with E-state index in [9.17, 15) is 27.9 Å². The van der Waals surface area contributed by atoms with Gasteiger partial charge in [-0.2, -0.15) is 13.2 Å². The van der Waals surface area contributed by atoms with Crippen LogP contribution in [-0.4, -0.2) is 23.0 Å². The van der Waals surface area contributed by atoms with Crippen molar-refractivity contribution in [3.05, 3.63) is 107 Å². The molecule has 4 nitrogen and oxygen atoms in total. The number of hydrogen-bond acceptors (Lipinski definition) is 2. The topological polar surface area (TPSA) is 66.4 Å². The van der Waals surface area contributed by atoms with Crippen LogP contribution in [0.25, 0.3) is 0 Å². The second-order valence-electron chi connectivity index (χ2n) is 7.58. The summed E-state index contributed by atoms with van der Waals surface area (Å²) >= 11 is 0. The Bertz CT molecular complexity index is 1040. The molecule has 7 heteroatoms. The van der Waals surface area contributed by atoms with Gasteiger partial charge in [0.1, 0.15) is 6.04 Å². The van der Waals surface area contributed by atoms with Crippen molar-refractivity contribution in [1.29, 1.82) is 0 Å². The Morgan fingerprint density at radius 1 is 0.844 bits per heavy atom. The van der Waals surface area contributed by atoms with Gasteiger partial charge in [-0.15, -0.1) is 0 Å². The van der Waals surface area contributed by atoms with E-state index in [1.165, 1.54) is 18.2 Å². The van der Waals surface area contributed by atoms with Crippen LogP contribution in [0.3, 0.4) is 0 Å². The first kappa shape index (κ1) is 23.1. The Morgan fingerprint density at radius 3 is 1.78 bits per heavy atom. The molecular formula is C25H22F3NO3. The van der Waals surface area contributed by atoms with Crippen molar-refractivity contribution in [2.75, 3.05) is 0 Å². The summed E-state index contributed by atoms with van der Waals surface area (Å²) < 4.78 is 40.1. The average molecular weight is 441 g/mol. The van der Waals surface area contributed by atoms with E-state index in [4.69, 9.17) is 0 Å². The van der Waals surface area contributed by atoms with Crippen LogP contribution in [0.5, 0.6) is 0 Å². The number of aliphatic carboxylic acids is 1. The highest BCUT2D eigenvalue weighted by molar-refractivity contribution is 5.94. The van der Waals surface area contributed by atoms with E-state index >= 15 is 0 Å². The highest BCUT2D eigenvalue weighted by Crippen LogP contribution is 2.34. The first-order valence-electron chi connectivity index (χ1n) is 9.94. The van der Waals surface area contributed by atoms with Crippen LogP contribution in [-0.2, 0) is 27.6 Å². The second-order valence-corrected chi connectivity index (χ2v) is 7.58. The van der Waals surface area contributed by atoms with Crippen molar-refractivity contribution in [2.24, 2.45) is 0 Å². The molecule has 0 saturated heterocycles. The van der Waals surface area contributed by atoms with E-state index in [1.54, 1.807) is 67.6 Å². The molecule has 0 unspecified atom stereocenters. The molecule has 32 heavy (non-hydrogen) atoms. The van der Waals surface area contributed by atoms with Gasteiger partial charge in [0.2, 0.25) is 5.91 Å². The molecule has 2 N–H and O–H groups in total. The number of carbonyl (C=O) groups is 2. The molecule has 3 aromatic carbocycles. The lowest BCUT2D eigenvalue weighted by Gasteiger charge is -2.31. The summed E-state index contributed by atoms with van der Waals surface area (Å²) in [6.45, 7) is 1.66. The lowest BCUT2D eigenvalue weighted by molar-refractivity contribution is -0.143. The van der Waals surface area contributed by atoms with Crippen LogP contribution >= 0.6 is 0 Å². The van der Waals surface area contributed by atoms with Gasteiger partial charge in [0.05, 0.1) is 11.0 Å². The normalized spacial score (nSPS) is 12.8. The minimum Gasteiger partial charge on any atom is -0.480 e. The van der Waals surface area contributed by atoms with Gasteiger partial charge in [0.15, 0.2) is 0 Å². The van der Waals surface area contributed by atoms with Gasteiger partial charge in [0, 0.05) is 6.42 Å². The maximum atomic E-state index is 13.5. The minimum atomic E-state index is -4.63. The smallest absolute Gasteiger partial charge is 0.416 e. The third-order valence-corrected chi connectivity index (χ3v) is 5.51. The Balaban J connectivity index is 1.97. The van der Waals surface area contributed by atoms with Crippen molar-refractivity contribution in [1.82, 2.24) is 5.32 Å². The number of halogens is 3. The van der Waals surface area contributed by atoms with Crippen LogP contribution in [0.2, 0.25) is 0 Å². The number of rotatable bonds is 7. The Hall–Kier alpha value is -3.61. The summed E-state index contributed by atoms with van der Waals surface area (Å²) in [5, 5.41) is 12.2. The number of nitrogens with one attached hydrogen (secondary N) is 1. The third-order valence-electron chi connectivity index (χ3n) is 5.51. The van der Waals surface area contributed by atoms with Crippen LogP contribution in [0, 0.1) is 0 Å². The SMILES string of the molecule is CC(C(=O)N[C@@H](Cc1ccccc1C(F)(F)F)C(=O)O)(c1ccccc1)c1ccccc1. The second kappa shape index (κ2) is 9.26. The Kier molecular flexibility index (Phi) is 6.67. The number of alkyl halides is 3. The molecule has 0 heterocycles. The molecule has 0 saturated carbocycles. The molecule has 0 aliphatic carbocycles. The van der Waals surface area contributed by atoms with Gasteiger partial charge in [-0.1, -0.05) is 78.9 Å². The lowest BCUT2D eigenvalue weighted by atomic mass is 9.75. The molecule has 0 aromatic heterocycles. The first-order chi connectivity index (χ1) is 15.1. The summed E-state index contributed by atoms with van der Waals surface area (Å²) in [6, 6.07) is 20.9. The molecule has 166 valence electrons. The van der Waals surface area contributed by atoms with Crippen molar-refractivity contribution in [3.8, 4) is 0 Å². The molecule has 0 aliphatic rings. The summed E-state index contributed by atoms with van der Waals surface area (Å²) in [7, 11) is 0. The van der Waals surface area contributed by atoms with E-state index in [0.717, 1.165) is 6.07 Å². The van der Waals surface area contributed by atoms with Gasteiger partial charge in [-0.25, -0.2) is 4.79 Å². The van der Waals surface area contributed by atoms with Crippen LogP contribution in [0.1, 0.15) is 29.2 Å². The highest BCUT2D eigenvalue weighted by Gasteiger charge is 2.40. The van der Waals surface area contributed by atoms with E-state index in [1.807, 2.05) is 0 Å². The van der Waals surface area contributed by atoms with Crippen molar-refractivity contribution in [2.45, 2.75) is 31.0 Å². The number of carbonyl (C=O) groups excluding carboxylic acids is 1. The molecule has 0 fully saturated rings.